The fourth-order valence-corrected chi connectivity index (χ4v) is 2.96. The van der Waals surface area contributed by atoms with E-state index in [-0.39, 0.29) is 11.6 Å². The van der Waals surface area contributed by atoms with Gasteiger partial charge in [-0.3, -0.25) is 14.9 Å². The molecule has 8 heteroatoms. The van der Waals surface area contributed by atoms with Gasteiger partial charge < -0.3 is 14.5 Å². The van der Waals surface area contributed by atoms with Crippen LogP contribution < -0.4 is 10.1 Å². The zero-order chi connectivity index (χ0) is 21.8. The Bertz CT molecular complexity index is 1290. The van der Waals surface area contributed by atoms with Crippen LogP contribution in [0, 0.1) is 10.1 Å². The third-order valence-electron chi connectivity index (χ3n) is 4.50. The smallest absolute Gasteiger partial charge is 0.270 e. The average Bonchev–Trinajstić information content (AvgIpc) is 3.21. The lowest BCUT2D eigenvalue weighted by Gasteiger charge is -2.01. The molecule has 0 fully saturated rings. The first-order chi connectivity index (χ1) is 15.0. The van der Waals surface area contributed by atoms with Crippen molar-refractivity contribution in [3.8, 4) is 17.2 Å². The van der Waals surface area contributed by atoms with Gasteiger partial charge in [0.1, 0.15) is 11.3 Å². The molecule has 154 valence electrons. The number of non-ortho nitro benzene ring substituents is 1. The Morgan fingerprint density at radius 1 is 1.13 bits per heavy atom. The first kappa shape index (κ1) is 19.8. The predicted octanol–water partition coefficient (Wildman–Crippen LogP) is 5.06. The first-order valence-electron chi connectivity index (χ1n) is 9.30. The zero-order valence-corrected chi connectivity index (χ0v) is 16.4. The number of ether oxygens (including phenoxy) is 1. The van der Waals surface area contributed by atoms with Gasteiger partial charge in [0.05, 0.1) is 12.0 Å². The third-order valence-corrected chi connectivity index (χ3v) is 4.50. The number of rotatable bonds is 6. The summed E-state index contributed by atoms with van der Waals surface area (Å²) in [6, 6.07) is 18.5. The van der Waals surface area contributed by atoms with Crippen molar-refractivity contribution in [2.75, 3.05) is 12.4 Å². The standard InChI is InChI=1S/C23H17N3O5/c1-30-19-9-6-16(7-10-19)23-25-20-14-17(8-11-21(20)31-23)24-22(27)12-5-15-3-2-4-18(13-15)26(28)29/h2-14H,1H3,(H,24,27)/b12-5+. The molecule has 0 aliphatic rings. The van der Waals surface area contributed by atoms with E-state index in [9.17, 15) is 14.9 Å². The van der Waals surface area contributed by atoms with Crippen molar-refractivity contribution >= 4 is 34.5 Å². The van der Waals surface area contributed by atoms with Gasteiger partial charge in [-0.05, 0) is 54.1 Å². The second-order valence-corrected chi connectivity index (χ2v) is 6.60. The number of carbonyl (C=O) groups excluding carboxylic acids is 1. The predicted molar refractivity (Wildman–Crippen MR) is 117 cm³/mol. The van der Waals surface area contributed by atoms with Gasteiger partial charge in [0, 0.05) is 29.5 Å². The lowest BCUT2D eigenvalue weighted by atomic mass is 10.2. The van der Waals surface area contributed by atoms with E-state index in [1.165, 1.54) is 24.3 Å². The van der Waals surface area contributed by atoms with Crippen LogP contribution in [0.3, 0.4) is 0 Å². The molecule has 0 saturated carbocycles. The zero-order valence-electron chi connectivity index (χ0n) is 16.4. The number of anilines is 1. The summed E-state index contributed by atoms with van der Waals surface area (Å²) in [6.45, 7) is 0. The lowest BCUT2D eigenvalue weighted by molar-refractivity contribution is -0.384. The van der Waals surface area contributed by atoms with Gasteiger partial charge in [-0.15, -0.1) is 0 Å². The van der Waals surface area contributed by atoms with E-state index in [2.05, 4.69) is 10.3 Å². The molecule has 0 aliphatic heterocycles. The number of hydrogen-bond acceptors (Lipinski definition) is 6. The highest BCUT2D eigenvalue weighted by molar-refractivity contribution is 6.02. The topological polar surface area (TPSA) is 108 Å². The number of methoxy groups -OCH3 is 1. The number of fused-ring (bicyclic) bond motifs is 1. The summed E-state index contributed by atoms with van der Waals surface area (Å²) in [7, 11) is 1.60. The third kappa shape index (κ3) is 4.59. The second kappa shape index (κ2) is 8.50. The molecule has 0 saturated heterocycles. The molecule has 0 bridgehead atoms. The number of nitrogens with one attached hydrogen (secondary N) is 1. The minimum absolute atomic E-state index is 0.0355. The van der Waals surface area contributed by atoms with Crippen LogP contribution in [0.1, 0.15) is 5.56 Å². The number of nitro groups is 1. The average molecular weight is 415 g/mol. The number of nitrogens with zero attached hydrogens (tertiary/aromatic N) is 2. The Hall–Kier alpha value is -4.46. The van der Waals surface area contributed by atoms with E-state index in [1.807, 2.05) is 24.3 Å². The molecule has 0 aliphatic carbocycles. The lowest BCUT2D eigenvalue weighted by Crippen LogP contribution is -2.07. The van der Waals surface area contributed by atoms with Crippen LogP contribution in [0.2, 0.25) is 0 Å². The van der Waals surface area contributed by atoms with Gasteiger partial charge >= 0.3 is 0 Å². The summed E-state index contributed by atoms with van der Waals surface area (Å²) in [6.07, 6.45) is 2.83. The summed E-state index contributed by atoms with van der Waals surface area (Å²) >= 11 is 0. The van der Waals surface area contributed by atoms with Gasteiger partial charge in [0.25, 0.3) is 5.69 Å². The van der Waals surface area contributed by atoms with Crippen molar-refractivity contribution in [1.82, 2.24) is 4.98 Å². The molecule has 4 rings (SSSR count). The van der Waals surface area contributed by atoms with Crippen LogP contribution in [0.5, 0.6) is 5.75 Å². The first-order valence-corrected chi connectivity index (χ1v) is 9.30. The Kier molecular flexibility index (Phi) is 5.44. The molecular weight excluding hydrogens is 398 g/mol. The van der Waals surface area contributed by atoms with Gasteiger partial charge in [0.15, 0.2) is 5.58 Å². The molecule has 0 radical (unpaired) electrons. The molecule has 0 spiro atoms. The largest absolute Gasteiger partial charge is 0.497 e. The Morgan fingerprint density at radius 2 is 1.94 bits per heavy atom. The number of amides is 1. The fraction of sp³-hybridized carbons (Fsp3) is 0.0435. The van der Waals surface area contributed by atoms with Crippen molar-refractivity contribution < 1.29 is 18.9 Å². The van der Waals surface area contributed by atoms with Crippen molar-refractivity contribution in [3.05, 3.63) is 88.5 Å². The Morgan fingerprint density at radius 3 is 2.68 bits per heavy atom. The van der Waals surface area contributed by atoms with Gasteiger partial charge in [0.2, 0.25) is 11.8 Å². The maximum atomic E-state index is 12.2. The number of benzene rings is 3. The molecule has 1 aromatic heterocycles. The Balaban J connectivity index is 1.48. The molecule has 0 unspecified atom stereocenters. The maximum absolute atomic E-state index is 12.2. The van der Waals surface area contributed by atoms with E-state index in [4.69, 9.17) is 9.15 Å². The molecule has 1 amide bonds. The van der Waals surface area contributed by atoms with E-state index < -0.39 is 4.92 Å². The molecule has 1 heterocycles. The van der Waals surface area contributed by atoms with E-state index in [0.29, 0.717) is 28.2 Å². The van der Waals surface area contributed by atoms with Crippen LogP contribution in [0.15, 0.2) is 77.2 Å². The van der Waals surface area contributed by atoms with Gasteiger partial charge in [-0.1, -0.05) is 12.1 Å². The van der Waals surface area contributed by atoms with E-state index in [1.54, 1.807) is 37.4 Å². The van der Waals surface area contributed by atoms with Crippen LogP contribution in [-0.2, 0) is 4.79 Å². The number of carbonyl (C=O) groups is 1. The fourth-order valence-electron chi connectivity index (χ4n) is 2.96. The SMILES string of the molecule is COc1ccc(-c2nc3cc(NC(=O)/C=C/c4cccc([N+](=O)[O-])c4)ccc3o2)cc1. The number of hydrogen-bond donors (Lipinski definition) is 1. The van der Waals surface area contributed by atoms with Crippen LogP contribution >= 0.6 is 0 Å². The molecular formula is C23H17N3O5. The van der Waals surface area contributed by atoms with Crippen molar-refractivity contribution in [2.24, 2.45) is 0 Å². The minimum Gasteiger partial charge on any atom is -0.497 e. The quantitative estimate of drug-likeness (QED) is 0.268. The number of nitro benzene ring substituents is 1. The minimum atomic E-state index is -0.481. The highest BCUT2D eigenvalue weighted by Crippen LogP contribution is 2.27. The normalized spacial score (nSPS) is 11.0. The summed E-state index contributed by atoms with van der Waals surface area (Å²) < 4.78 is 10.9. The van der Waals surface area contributed by atoms with Crippen molar-refractivity contribution in [2.45, 2.75) is 0 Å². The number of oxazole rings is 1. The summed E-state index contributed by atoms with van der Waals surface area (Å²) in [5, 5.41) is 13.6. The van der Waals surface area contributed by atoms with Crippen LogP contribution in [-0.4, -0.2) is 22.9 Å². The van der Waals surface area contributed by atoms with Crippen molar-refractivity contribution in [1.29, 1.82) is 0 Å². The highest BCUT2D eigenvalue weighted by Gasteiger charge is 2.10. The summed E-state index contributed by atoms with van der Waals surface area (Å²) in [4.78, 5) is 27.1. The Labute approximate surface area is 176 Å². The molecule has 4 aromatic rings. The highest BCUT2D eigenvalue weighted by atomic mass is 16.6. The maximum Gasteiger partial charge on any atom is 0.270 e. The molecule has 3 aromatic carbocycles. The second-order valence-electron chi connectivity index (χ2n) is 6.60. The summed E-state index contributed by atoms with van der Waals surface area (Å²) in [5.41, 5.74) is 3.08. The summed E-state index contributed by atoms with van der Waals surface area (Å²) in [5.74, 6) is 0.833. The molecule has 8 nitrogen and oxygen atoms in total. The van der Waals surface area contributed by atoms with E-state index >= 15 is 0 Å². The monoisotopic (exact) mass is 415 g/mol. The van der Waals surface area contributed by atoms with E-state index in [0.717, 1.165) is 11.3 Å². The molecule has 31 heavy (non-hydrogen) atoms. The number of aromatic nitrogens is 1. The van der Waals surface area contributed by atoms with Crippen LogP contribution in [0.25, 0.3) is 28.6 Å². The van der Waals surface area contributed by atoms with Gasteiger partial charge in [-0.25, -0.2) is 4.98 Å². The van der Waals surface area contributed by atoms with Gasteiger partial charge in [-0.2, -0.15) is 0 Å². The van der Waals surface area contributed by atoms with Crippen LogP contribution in [0.4, 0.5) is 11.4 Å². The molecule has 1 N–H and O–H groups in total. The molecule has 0 atom stereocenters. The van der Waals surface area contributed by atoms with Crippen molar-refractivity contribution in [3.63, 3.8) is 0 Å².